The van der Waals surface area contributed by atoms with E-state index in [1.807, 2.05) is 4.57 Å². The summed E-state index contributed by atoms with van der Waals surface area (Å²) in [4.78, 5) is -0.337. The maximum Gasteiger partial charge on any atom is 0.573 e. The number of ether oxygens (including phenoxy) is 1. The zero-order chi connectivity index (χ0) is 27.2. The van der Waals surface area contributed by atoms with Crippen molar-refractivity contribution in [3.8, 4) is 5.75 Å². The molecule has 12 heteroatoms. The standard InChI is InChI=1S/C26H21F5N2O4S/c27-16-4-10-22-20(12-16)21-13-17(28)5-11-23(21)33(22)24-3-1-2-15(25(24)34)14-32-38(35,36)19-8-6-18(7-9-19)37-26(29,30)31/h4-15,24-25,34H,1-3H2/t15?,24-,25-/m0/s1. The molecule has 0 saturated heterocycles. The predicted molar refractivity (Wildman–Crippen MR) is 131 cm³/mol. The third kappa shape index (κ3) is 5.10. The van der Waals surface area contributed by atoms with Gasteiger partial charge in [-0.05, 0) is 73.5 Å². The van der Waals surface area contributed by atoms with Gasteiger partial charge in [-0.1, -0.05) is 6.42 Å². The number of hydrogen-bond donors (Lipinski definition) is 1. The third-order valence-electron chi connectivity index (χ3n) is 6.67. The van der Waals surface area contributed by atoms with Gasteiger partial charge in [0.05, 0.1) is 17.0 Å². The highest BCUT2D eigenvalue weighted by Crippen LogP contribution is 2.40. The first-order chi connectivity index (χ1) is 17.9. The Bertz CT molecular complexity index is 1570. The van der Waals surface area contributed by atoms with Crippen LogP contribution in [0, 0.1) is 17.6 Å². The van der Waals surface area contributed by atoms with Gasteiger partial charge < -0.3 is 14.4 Å². The molecule has 1 unspecified atom stereocenters. The molecular weight excluding hydrogens is 531 g/mol. The average molecular weight is 553 g/mol. The number of aliphatic hydroxyl groups excluding tert-OH is 1. The van der Waals surface area contributed by atoms with E-state index in [0.29, 0.717) is 41.1 Å². The van der Waals surface area contributed by atoms with Gasteiger partial charge in [-0.15, -0.1) is 13.2 Å². The fraction of sp³-hybridized carbons (Fsp3) is 0.269. The largest absolute Gasteiger partial charge is 0.573 e. The van der Waals surface area contributed by atoms with Crippen LogP contribution in [-0.4, -0.2) is 36.8 Å². The fourth-order valence-corrected chi connectivity index (χ4v) is 5.94. The number of fused-ring (bicyclic) bond motifs is 3. The summed E-state index contributed by atoms with van der Waals surface area (Å²) < 4.78 is 99.7. The van der Waals surface area contributed by atoms with Crippen molar-refractivity contribution >= 4 is 38.0 Å². The molecule has 0 radical (unpaired) electrons. The van der Waals surface area contributed by atoms with Gasteiger partial charge in [-0.25, -0.2) is 8.78 Å². The van der Waals surface area contributed by atoms with Crippen molar-refractivity contribution < 1.29 is 40.2 Å². The summed E-state index contributed by atoms with van der Waals surface area (Å²) in [7, 11) is -4.26. The minimum Gasteiger partial charge on any atom is -0.406 e. The van der Waals surface area contributed by atoms with Crippen LogP contribution in [-0.2, 0) is 10.0 Å². The molecule has 1 fully saturated rings. The molecule has 1 heterocycles. The van der Waals surface area contributed by atoms with Gasteiger partial charge in [0, 0.05) is 33.9 Å². The van der Waals surface area contributed by atoms with E-state index in [2.05, 4.69) is 9.13 Å². The molecule has 0 aliphatic heterocycles. The summed E-state index contributed by atoms with van der Waals surface area (Å²) in [6, 6.07) is 11.4. The average Bonchev–Trinajstić information content (AvgIpc) is 3.15. The lowest BCUT2D eigenvalue weighted by Crippen LogP contribution is -2.36. The smallest absolute Gasteiger partial charge is 0.406 e. The highest BCUT2D eigenvalue weighted by atomic mass is 32.2. The third-order valence-corrected chi connectivity index (χ3v) is 7.94. The van der Waals surface area contributed by atoms with E-state index >= 15 is 0 Å². The van der Waals surface area contributed by atoms with Gasteiger partial charge in [-0.2, -0.15) is 12.8 Å². The monoisotopic (exact) mass is 552 g/mol. The lowest BCUT2D eigenvalue weighted by Gasteiger charge is -2.34. The summed E-state index contributed by atoms with van der Waals surface area (Å²) in [6.07, 6.45) is -3.25. The summed E-state index contributed by atoms with van der Waals surface area (Å²) in [5.74, 6) is -2.21. The number of aliphatic hydroxyl groups is 1. The molecule has 1 saturated carbocycles. The van der Waals surface area contributed by atoms with E-state index < -0.39 is 51.8 Å². The van der Waals surface area contributed by atoms with Crippen LogP contribution in [0.5, 0.6) is 5.75 Å². The van der Waals surface area contributed by atoms with Gasteiger partial charge >= 0.3 is 6.36 Å². The number of sulfonamides is 1. The Morgan fingerprint density at radius 1 is 0.921 bits per heavy atom. The molecule has 3 atom stereocenters. The van der Waals surface area contributed by atoms with Crippen molar-refractivity contribution in [2.45, 2.75) is 42.7 Å². The Labute approximate surface area is 214 Å². The zero-order valence-electron chi connectivity index (χ0n) is 19.6. The zero-order valence-corrected chi connectivity index (χ0v) is 20.4. The van der Waals surface area contributed by atoms with Crippen LogP contribution in [0.4, 0.5) is 22.0 Å². The maximum atomic E-state index is 14.0. The van der Waals surface area contributed by atoms with E-state index in [-0.39, 0.29) is 4.90 Å². The number of nitrogens with zero attached hydrogens (tertiary/aromatic N) is 2. The topological polar surface area (TPSA) is 80.9 Å². The fourth-order valence-electron chi connectivity index (χ4n) is 5.02. The lowest BCUT2D eigenvalue weighted by molar-refractivity contribution is -0.274. The van der Waals surface area contributed by atoms with Crippen molar-refractivity contribution in [3.05, 3.63) is 72.3 Å². The van der Waals surface area contributed by atoms with Crippen LogP contribution < -0.4 is 4.74 Å². The molecule has 38 heavy (non-hydrogen) atoms. The van der Waals surface area contributed by atoms with E-state index in [0.717, 1.165) is 30.5 Å². The normalized spacial score (nSPS) is 20.9. The van der Waals surface area contributed by atoms with Gasteiger partial charge in [0.15, 0.2) is 0 Å². The van der Waals surface area contributed by atoms with Gasteiger partial charge in [0.25, 0.3) is 10.0 Å². The molecule has 3 aromatic carbocycles. The molecule has 4 aromatic rings. The second-order valence-corrected chi connectivity index (χ2v) is 10.7. The maximum absolute atomic E-state index is 14.0. The lowest BCUT2D eigenvalue weighted by atomic mass is 9.83. The van der Waals surface area contributed by atoms with Gasteiger partial charge in [0.1, 0.15) is 17.4 Å². The van der Waals surface area contributed by atoms with Crippen LogP contribution in [0.3, 0.4) is 0 Å². The van der Waals surface area contributed by atoms with Crippen molar-refractivity contribution in [1.82, 2.24) is 4.57 Å². The summed E-state index contributed by atoms with van der Waals surface area (Å²) in [5.41, 5.74) is 1.20. The van der Waals surface area contributed by atoms with Crippen molar-refractivity contribution in [3.63, 3.8) is 0 Å². The first-order valence-corrected chi connectivity index (χ1v) is 13.1. The quantitative estimate of drug-likeness (QED) is 0.239. The van der Waals surface area contributed by atoms with Crippen LogP contribution in [0.2, 0.25) is 0 Å². The van der Waals surface area contributed by atoms with E-state index in [4.69, 9.17) is 0 Å². The first kappa shape index (κ1) is 26.1. The van der Waals surface area contributed by atoms with Crippen LogP contribution in [0.1, 0.15) is 25.3 Å². The Hall–Kier alpha value is -3.51. The molecule has 5 rings (SSSR count). The molecule has 0 bridgehead atoms. The SMILES string of the molecule is O=S(=O)(N=CC1CCC[C@H](n2c3ccc(F)cc3c3cc(F)ccc32)[C@H]1O)c1ccc(OC(F)(F)F)cc1. The molecule has 1 aliphatic rings. The minimum atomic E-state index is -4.91. The van der Waals surface area contributed by atoms with Gasteiger partial charge in [-0.3, -0.25) is 0 Å². The van der Waals surface area contributed by atoms with Crippen molar-refractivity contribution in [2.24, 2.45) is 10.3 Å². The Morgan fingerprint density at radius 2 is 1.50 bits per heavy atom. The van der Waals surface area contributed by atoms with Crippen molar-refractivity contribution in [1.29, 1.82) is 0 Å². The number of benzene rings is 3. The van der Waals surface area contributed by atoms with Crippen LogP contribution in [0.15, 0.2) is 70.0 Å². The molecule has 1 N–H and O–H groups in total. The Balaban J connectivity index is 1.44. The second kappa shape index (κ2) is 9.66. The molecule has 6 nitrogen and oxygen atoms in total. The molecule has 1 aliphatic carbocycles. The van der Waals surface area contributed by atoms with Crippen LogP contribution in [0.25, 0.3) is 21.8 Å². The Kier molecular flexibility index (Phi) is 6.64. The summed E-state index contributed by atoms with van der Waals surface area (Å²) in [5, 5.41) is 12.2. The number of halogens is 5. The van der Waals surface area contributed by atoms with Crippen LogP contribution >= 0.6 is 0 Å². The minimum absolute atomic E-state index is 0.337. The molecule has 0 amide bonds. The number of rotatable bonds is 5. The summed E-state index contributed by atoms with van der Waals surface area (Å²) >= 11 is 0. The molecule has 1 aromatic heterocycles. The molecular formula is C26H21F5N2O4S. The Morgan fingerprint density at radius 3 is 2.05 bits per heavy atom. The highest BCUT2D eigenvalue weighted by molar-refractivity contribution is 7.90. The number of aromatic nitrogens is 1. The highest BCUT2D eigenvalue weighted by Gasteiger charge is 2.34. The predicted octanol–water partition coefficient (Wildman–Crippen LogP) is 6.13. The van der Waals surface area contributed by atoms with Gasteiger partial charge in [0.2, 0.25) is 0 Å². The van der Waals surface area contributed by atoms with Crippen molar-refractivity contribution in [2.75, 3.05) is 0 Å². The molecule has 200 valence electrons. The molecule has 0 spiro atoms. The number of hydrogen-bond acceptors (Lipinski definition) is 4. The van der Waals surface area contributed by atoms with E-state index in [1.54, 1.807) is 12.1 Å². The van der Waals surface area contributed by atoms with E-state index in [1.165, 1.54) is 24.3 Å². The summed E-state index contributed by atoms with van der Waals surface area (Å²) in [6.45, 7) is 0. The second-order valence-electron chi connectivity index (χ2n) is 9.09. The number of alkyl halides is 3. The van der Waals surface area contributed by atoms with E-state index in [9.17, 15) is 35.5 Å². The first-order valence-electron chi connectivity index (χ1n) is 11.7.